The minimum absolute atomic E-state index is 0.0484. The van der Waals surface area contributed by atoms with E-state index in [4.69, 9.17) is 4.74 Å². The molecule has 0 spiro atoms. The molecule has 1 aliphatic heterocycles. The second kappa shape index (κ2) is 8.59. The number of rotatable bonds is 6. The molecule has 2 aromatic carbocycles. The van der Waals surface area contributed by atoms with Gasteiger partial charge >= 0.3 is 5.97 Å². The molecule has 160 valence electrons. The van der Waals surface area contributed by atoms with E-state index in [0.29, 0.717) is 17.2 Å². The summed E-state index contributed by atoms with van der Waals surface area (Å²) in [5, 5.41) is 12.4. The van der Waals surface area contributed by atoms with Crippen LogP contribution in [0.2, 0.25) is 0 Å². The summed E-state index contributed by atoms with van der Waals surface area (Å²) in [7, 11) is 0. The van der Waals surface area contributed by atoms with Crippen molar-refractivity contribution in [3.8, 4) is 0 Å². The van der Waals surface area contributed by atoms with Gasteiger partial charge in [0.2, 0.25) is 5.78 Å². The van der Waals surface area contributed by atoms with Gasteiger partial charge in [-0.3, -0.25) is 14.9 Å². The normalized spacial score (nSPS) is 16.3. The van der Waals surface area contributed by atoms with Crippen LogP contribution < -0.4 is 4.90 Å². The van der Waals surface area contributed by atoms with E-state index in [0.717, 1.165) is 36.8 Å². The lowest BCUT2D eigenvalue weighted by atomic mass is 9.99. The molecule has 1 saturated heterocycles. The van der Waals surface area contributed by atoms with Crippen LogP contribution in [0.4, 0.5) is 11.4 Å². The van der Waals surface area contributed by atoms with Gasteiger partial charge in [0.15, 0.2) is 6.61 Å². The van der Waals surface area contributed by atoms with Gasteiger partial charge in [0.25, 0.3) is 5.69 Å². The molecule has 0 aliphatic carbocycles. The minimum Gasteiger partial charge on any atom is -0.454 e. The van der Waals surface area contributed by atoms with Gasteiger partial charge in [0.05, 0.1) is 10.5 Å². The Labute approximate surface area is 179 Å². The number of para-hydroxylation sites is 1. The molecule has 0 amide bonds. The average molecular weight is 421 g/mol. The number of carbonyl (C=O) groups is 2. The topological polar surface area (TPSA) is 106 Å². The zero-order chi connectivity index (χ0) is 22.0. The molecule has 1 N–H and O–H groups in total. The highest BCUT2D eigenvalue weighted by molar-refractivity contribution is 6.09. The Morgan fingerprint density at radius 3 is 2.84 bits per heavy atom. The number of fused-ring (bicyclic) bond motifs is 1. The Morgan fingerprint density at radius 1 is 1.26 bits per heavy atom. The summed E-state index contributed by atoms with van der Waals surface area (Å²) in [6, 6.07) is 11.7. The summed E-state index contributed by atoms with van der Waals surface area (Å²) in [6.07, 6.45) is 3.65. The lowest BCUT2D eigenvalue weighted by Crippen LogP contribution is -2.34. The van der Waals surface area contributed by atoms with Crippen LogP contribution in [0.25, 0.3) is 10.9 Å². The molecular weight excluding hydrogens is 398 g/mol. The molecule has 8 heteroatoms. The number of hydrogen-bond donors (Lipinski definition) is 1. The lowest BCUT2D eigenvalue weighted by Gasteiger charge is -2.32. The maximum absolute atomic E-state index is 12.5. The maximum Gasteiger partial charge on any atom is 0.338 e. The zero-order valence-electron chi connectivity index (χ0n) is 17.2. The van der Waals surface area contributed by atoms with Crippen LogP contribution in [0.5, 0.6) is 0 Å². The number of aromatic nitrogens is 1. The number of hydrogen-bond acceptors (Lipinski definition) is 6. The number of benzene rings is 2. The Bertz CT molecular complexity index is 1150. The largest absolute Gasteiger partial charge is 0.454 e. The summed E-state index contributed by atoms with van der Waals surface area (Å²) in [4.78, 5) is 41.1. The third-order valence-corrected chi connectivity index (χ3v) is 5.63. The van der Waals surface area contributed by atoms with Gasteiger partial charge in [-0.15, -0.1) is 0 Å². The molecule has 3 aromatic rings. The number of nitrogens with one attached hydrogen (secondary N) is 1. The lowest BCUT2D eigenvalue weighted by molar-refractivity contribution is -0.384. The molecule has 0 saturated carbocycles. The van der Waals surface area contributed by atoms with Gasteiger partial charge < -0.3 is 14.6 Å². The number of anilines is 1. The van der Waals surface area contributed by atoms with Crippen LogP contribution >= 0.6 is 0 Å². The standard InChI is InChI=1S/C23H23N3O5/c1-15-5-4-10-25(13-15)20-9-8-16(11-21(20)26(29)30)23(28)31-14-22(27)18-12-24-19-7-3-2-6-17(18)19/h2-3,6-9,11-12,15,24H,4-5,10,13-14H2,1H3/t15-/m0/s1. The molecule has 0 radical (unpaired) electrons. The molecule has 1 atom stereocenters. The highest BCUT2D eigenvalue weighted by Gasteiger charge is 2.26. The monoisotopic (exact) mass is 421 g/mol. The first-order valence-electron chi connectivity index (χ1n) is 10.2. The Kier molecular flexibility index (Phi) is 5.70. The first kappa shape index (κ1) is 20.6. The van der Waals surface area contributed by atoms with Crippen LogP contribution in [0.3, 0.4) is 0 Å². The number of H-pyrrole nitrogens is 1. The smallest absolute Gasteiger partial charge is 0.338 e. The van der Waals surface area contributed by atoms with Crippen molar-refractivity contribution in [2.45, 2.75) is 19.8 Å². The molecule has 8 nitrogen and oxygen atoms in total. The minimum atomic E-state index is -0.769. The van der Waals surface area contributed by atoms with E-state index in [2.05, 4.69) is 11.9 Å². The van der Waals surface area contributed by atoms with Gasteiger partial charge in [-0.05, 0) is 37.0 Å². The van der Waals surface area contributed by atoms with E-state index in [9.17, 15) is 19.7 Å². The number of ketones is 1. The van der Waals surface area contributed by atoms with Crippen LogP contribution in [0, 0.1) is 16.0 Å². The van der Waals surface area contributed by atoms with Crippen molar-refractivity contribution in [2.75, 3.05) is 24.6 Å². The number of piperidine rings is 1. The molecule has 1 aliphatic rings. The van der Waals surface area contributed by atoms with Crippen LogP contribution in [-0.2, 0) is 4.74 Å². The number of ether oxygens (including phenoxy) is 1. The van der Waals surface area contributed by atoms with E-state index < -0.39 is 17.5 Å². The average Bonchev–Trinajstić information content (AvgIpc) is 3.21. The maximum atomic E-state index is 12.5. The Balaban J connectivity index is 1.48. The van der Waals surface area contributed by atoms with Crippen molar-refractivity contribution < 1.29 is 19.2 Å². The SMILES string of the molecule is C[C@H]1CCCN(c2ccc(C(=O)OCC(=O)c3c[nH]c4ccccc34)cc2[N+](=O)[O-])C1. The van der Waals surface area contributed by atoms with E-state index in [1.54, 1.807) is 12.3 Å². The quantitative estimate of drug-likeness (QED) is 0.274. The predicted molar refractivity (Wildman–Crippen MR) is 117 cm³/mol. The zero-order valence-corrected chi connectivity index (χ0v) is 17.2. The molecule has 4 rings (SSSR count). The number of Topliss-reactive ketones (excluding diaryl/α,β-unsaturated/α-hetero) is 1. The fourth-order valence-electron chi connectivity index (χ4n) is 4.07. The predicted octanol–water partition coefficient (Wildman–Crippen LogP) is 4.35. The van der Waals surface area contributed by atoms with Crippen molar-refractivity contribution in [1.82, 2.24) is 4.98 Å². The van der Waals surface area contributed by atoms with Crippen molar-refractivity contribution in [2.24, 2.45) is 5.92 Å². The molecule has 0 unspecified atom stereocenters. The van der Waals surface area contributed by atoms with E-state index in [-0.39, 0.29) is 17.0 Å². The number of nitro groups is 1. The second-order valence-electron chi connectivity index (χ2n) is 7.90. The highest BCUT2D eigenvalue weighted by atomic mass is 16.6. The molecular formula is C23H23N3O5. The van der Waals surface area contributed by atoms with Gasteiger partial charge in [0, 0.05) is 41.8 Å². The Hall–Kier alpha value is -3.68. The van der Waals surface area contributed by atoms with Crippen molar-refractivity contribution in [3.05, 3.63) is 69.9 Å². The van der Waals surface area contributed by atoms with Crippen LogP contribution in [0.1, 0.15) is 40.5 Å². The Morgan fingerprint density at radius 2 is 2.06 bits per heavy atom. The number of nitrogens with zero attached hydrogens (tertiary/aromatic N) is 2. The van der Waals surface area contributed by atoms with Gasteiger partial charge in [-0.1, -0.05) is 25.1 Å². The third kappa shape index (κ3) is 4.28. The third-order valence-electron chi connectivity index (χ3n) is 5.63. The molecule has 1 fully saturated rings. The summed E-state index contributed by atoms with van der Waals surface area (Å²) in [5.74, 6) is -0.664. The van der Waals surface area contributed by atoms with E-state index in [1.165, 1.54) is 12.1 Å². The second-order valence-corrected chi connectivity index (χ2v) is 7.90. The number of aromatic amines is 1. The summed E-state index contributed by atoms with van der Waals surface area (Å²) in [6.45, 7) is 3.16. The van der Waals surface area contributed by atoms with E-state index in [1.807, 2.05) is 29.2 Å². The van der Waals surface area contributed by atoms with Crippen molar-refractivity contribution in [3.63, 3.8) is 0 Å². The molecule has 0 bridgehead atoms. The van der Waals surface area contributed by atoms with Crippen molar-refractivity contribution >= 4 is 34.0 Å². The number of nitro benzene ring substituents is 1. The molecule has 2 heterocycles. The molecule has 1 aromatic heterocycles. The highest BCUT2D eigenvalue weighted by Crippen LogP contribution is 2.32. The fourth-order valence-corrected chi connectivity index (χ4v) is 4.07. The first-order chi connectivity index (χ1) is 14.9. The van der Waals surface area contributed by atoms with Crippen molar-refractivity contribution in [1.29, 1.82) is 0 Å². The van der Waals surface area contributed by atoms with Crippen LogP contribution in [0.15, 0.2) is 48.7 Å². The summed E-state index contributed by atoms with van der Waals surface area (Å²) in [5.41, 5.74) is 1.67. The van der Waals surface area contributed by atoms with Crippen LogP contribution in [-0.4, -0.2) is 41.4 Å². The summed E-state index contributed by atoms with van der Waals surface area (Å²) < 4.78 is 5.16. The van der Waals surface area contributed by atoms with E-state index >= 15 is 0 Å². The molecule has 31 heavy (non-hydrogen) atoms. The van der Waals surface area contributed by atoms with Gasteiger partial charge in [0.1, 0.15) is 5.69 Å². The number of esters is 1. The summed E-state index contributed by atoms with van der Waals surface area (Å²) >= 11 is 0. The number of carbonyl (C=O) groups excluding carboxylic acids is 2. The first-order valence-corrected chi connectivity index (χ1v) is 10.2. The van der Waals surface area contributed by atoms with Gasteiger partial charge in [-0.25, -0.2) is 4.79 Å². The van der Waals surface area contributed by atoms with Gasteiger partial charge in [-0.2, -0.15) is 0 Å². The fraction of sp³-hybridized carbons (Fsp3) is 0.304.